The van der Waals surface area contributed by atoms with Crippen molar-refractivity contribution < 1.29 is 26.6 Å². The van der Waals surface area contributed by atoms with Gasteiger partial charge in [-0.15, -0.1) is 0 Å². The van der Waals surface area contributed by atoms with Crippen molar-refractivity contribution in [2.75, 3.05) is 51.1 Å². The zero-order chi connectivity index (χ0) is 32.5. The fourth-order valence-electron chi connectivity index (χ4n) is 5.24. The highest BCUT2D eigenvalue weighted by molar-refractivity contribution is 9.26. The van der Waals surface area contributed by atoms with Crippen LogP contribution in [0.5, 0.6) is 0 Å². The molecule has 0 amide bonds. The largest absolute Gasteiger partial charge is 0.500 e. The summed E-state index contributed by atoms with van der Waals surface area (Å²) in [5.41, 5.74) is 0. The molecule has 44 heavy (non-hydrogen) atoms. The van der Waals surface area contributed by atoms with Crippen LogP contribution in [0.4, 0.5) is 0 Å². The Bertz CT molecular complexity index is 505. The summed E-state index contributed by atoms with van der Waals surface area (Å²) in [4.78, 5) is 0. The lowest BCUT2D eigenvalue weighted by atomic mass is 10.1. The summed E-state index contributed by atoms with van der Waals surface area (Å²) >= 11 is 0. The Kier molecular flexibility index (Phi) is 35.7. The molecule has 0 fully saturated rings. The van der Waals surface area contributed by atoms with Crippen LogP contribution in [-0.4, -0.2) is 68.8 Å². The van der Waals surface area contributed by atoms with E-state index < -0.39 is 17.6 Å². The number of hydrogen-bond donors (Lipinski definition) is 0. The maximum absolute atomic E-state index is 5.96. The van der Waals surface area contributed by atoms with Crippen molar-refractivity contribution in [1.29, 1.82) is 0 Å². The molecule has 0 saturated heterocycles. The first-order valence-corrected chi connectivity index (χ1v) is 27.0. The average Bonchev–Trinajstić information content (AvgIpc) is 3.00. The molecule has 0 unspecified atom stereocenters. The van der Waals surface area contributed by atoms with Gasteiger partial charge in [-0.2, -0.15) is 0 Å². The molecular weight excluding hydrogens is 665 g/mol. The second-order valence-corrected chi connectivity index (χ2v) is 22.6. The summed E-state index contributed by atoms with van der Waals surface area (Å²) in [6, 6.07) is 1.91. The lowest BCUT2D eigenvalue weighted by Crippen LogP contribution is -2.45. The molecule has 0 N–H and O–H groups in total. The van der Waals surface area contributed by atoms with Crippen molar-refractivity contribution >= 4 is 58.8 Å². The van der Waals surface area contributed by atoms with Gasteiger partial charge in [0, 0.05) is 63.2 Å². The van der Waals surface area contributed by atoms with E-state index in [1.807, 2.05) is 82.8 Å². The number of rotatable bonds is 37. The Balaban J connectivity index is 3.45. The highest BCUT2D eigenvalue weighted by Crippen LogP contribution is 2.43. The zero-order valence-electron chi connectivity index (χ0n) is 29.5. The summed E-state index contributed by atoms with van der Waals surface area (Å²) in [7, 11) is 3.16. The molecule has 0 saturated carbocycles. The van der Waals surface area contributed by atoms with Crippen molar-refractivity contribution in [3.63, 3.8) is 0 Å². The third-order valence-corrected chi connectivity index (χ3v) is 20.2. The summed E-state index contributed by atoms with van der Waals surface area (Å²) in [5.74, 6) is 2.56. The van der Waals surface area contributed by atoms with Crippen molar-refractivity contribution in [3.05, 3.63) is 0 Å². The highest BCUT2D eigenvalue weighted by atomic mass is 33.7. The Morgan fingerprint density at radius 3 is 0.795 bits per heavy atom. The van der Waals surface area contributed by atoms with Gasteiger partial charge in [-0.05, 0) is 86.9 Å². The molecule has 0 aromatic carbocycles. The molecule has 0 aliphatic carbocycles. The zero-order valence-corrected chi connectivity index (χ0v) is 34.7. The molecule has 12 heteroatoms. The lowest BCUT2D eigenvalue weighted by molar-refractivity contribution is 0.0698. The summed E-state index contributed by atoms with van der Waals surface area (Å²) in [6.45, 7) is 16.2. The Morgan fingerprint density at radius 2 is 0.545 bits per heavy atom. The van der Waals surface area contributed by atoms with Crippen molar-refractivity contribution in [2.24, 2.45) is 0 Å². The van der Waals surface area contributed by atoms with Crippen LogP contribution in [0, 0.1) is 0 Å². The van der Waals surface area contributed by atoms with Gasteiger partial charge in [0.05, 0.1) is 0 Å². The minimum Gasteiger partial charge on any atom is -0.374 e. The molecule has 0 aliphatic rings. The van der Waals surface area contributed by atoms with Gasteiger partial charge in [-0.3, -0.25) is 0 Å². The van der Waals surface area contributed by atoms with Gasteiger partial charge in [-0.1, -0.05) is 98.6 Å². The van der Waals surface area contributed by atoms with E-state index in [0.717, 1.165) is 24.9 Å². The molecule has 266 valence electrons. The maximum atomic E-state index is 5.96. The Hall–Kier alpha value is 1.59. The second-order valence-electron chi connectivity index (χ2n) is 10.9. The third-order valence-electron chi connectivity index (χ3n) is 7.23. The van der Waals surface area contributed by atoms with Crippen molar-refractivity contribution in [1.82, 2.24) is 0 Å². The van der Waals surface area contributed by atoms with E-state index in [1.54, 1.807) is 0 Å². The predicted octanol–water partition coefficient (Wildman–Crippen LogP) is 12.0. The topological polar surface area (TPSA) is 55.4 Å². The van der Waals surface area contributed by atoms with E-state index in [0.29, 0.717) is 39.6 Å². The first kappa shape index (κ1) is 45.6. The standard InChI is InChI=1S/C32H70O6S4Si2/c1-7-33-43(34-8-2,35-9-3)31-27-23-19-15-13-17-21-25-29-39-41-42-40-30-26-22-18-14-16-20-24-28-32-44(36-10-4,37-11-5)38-12-6/h7-32H2,1-6H3. The molecular formula is C32H70O6S4Si2. The van der Waals surface area contributed by atoms with Gasteiger partial charge < -0.3 is 26.6 Å². The molecule has 0 heterocycles. The van der Waals surface area contributed by atoms with Gasteiger partial charge in [-0.25, -0.2) is 0 Å². The van der Waals surface area contributed by atoms with Gasteiger partial charge in [0.2, 0.25) is 0 Å². The van der Waals surface area contributed by atoms with Crippen LogP contribution < -0.4 is 0 Å². The van der Waals surface area contributed by atoms with Crippen molar-refractivity contribution in [3.8, 4) is 0 Å². The van der Waals surface area contributed by atoms with E-state index in [9.17, 15) is 0 Å². The Morgan fingerprint density at radius 1 is 0.318 bits per heavy atom. The predicted molar refractivity (Wildman–Crippen MR) is 205 cm³/mol. The second kappa shape index (κ2) is 34.5. The van der Waals surface area contributed by atoms with Crippen LogP contribution in [0.15, 0.2) is 0 Å². The minimum absolute atomic E-state index is 0.673. The number of hydrogen-bond acceptors (Lipinski definition) is 10. The van der Waals surface area contributed by atoms with Crippen LogP contribution in [0.2, 0.25) is 12.1 Å². The third kappa shape index (κ3) is 26.5. The molecule has 0 bridgehead atoms. The van der Waals surface area contributed by atoms with Gasteiger partial charge in [0.1, 0.15) is 0 Å². The van der Waals surface area contributed by atoms with Crippen LogP contribution in [0.1, 0.15) is 144 Å². The molecule has 0 aromatic heterocycles. The molecule has 0 rings (SSSR count). The van der Waals surface area contributed by atoms with Crippen LogP contribution in [-0.2, 0) is 26.6 Å². The monoisotopic (exact) mass is 734 g/mol. The molecule has 0 atom stereocenters. The summed E-state index contributed by atoms with van der Waals surface area (Å²) in [6.07, 6.45) is 21.1. The van der Waals surface area contributed by atoms with E-state index in [4.69, 9.17) is 26.6 Å². The van der Waals surface area contributed by atoms with Crippen molar-refractivity contribution in [2.45, 2.75) is 156 Å². The summed E-state index contributed by atoms with van der Waals surface area (Å²) in [5, 5.41) is 0. The SMILES string of the molecule is CCO[Si](CCCCCCCCCCSSSSCCCCCCCCCC[Si](OCC)(OCC)OCC)(OCC)OCC. The average molecular weight is 735 g/mol. The lowest BCUT2D eigenvalue weighted by Gasteiger charge is -2.28. The normalized spacial score (nSPS) is 12.4. The van der Waals surface area contributed by atoms with Gasteiger partial charge >= 0.3 is 17.6 Å². The number of unbranched alkanes of at least 4 members (excludes halogenated alkanes) is 14. The fourth-order valence-corrected chi connectivity index (χ4v) is 16.9. The molecule has 0 aliphatic heterocycles. The smallest absolute Gasteiger partial charge is 0.374 e. The first-order valence-electron chi connectivity index (χ1n) is 18.0. The highest BCUT2D eigenvalue weighted by Gasteiger charge is 2.40. The molecule has 0 spiro atoms. The van der Waals surface area contributed by atoms with Gasteiger partial charge in [0.15, 0.2) is 0 Å². The maximum Gasteiger partial charge on any atom is 0.500 e. The van der Waals surface area contributed by atoms with E-state index in [2.05, 4.69) is 0 Å². The molecule has 6 nitrogen and oxygen atoms in total. The molecule has 0 radical (unpaired) electrons. The fraction of sp³-hybridized carbons (Fsp3) is 1.00. The minimum atomic E-state index is -2.44. The molecule has 0 aromatic rings. The van der Waals surface area contributed by atoms with Gasteiger partial charge in [0.25, 0.3) is 0 Å². The first-order chi connectivity index (χ1) is 21.6. The van der Waals surface area contributed by atoms with E-state index in [1.165, 1.54) is 101 Å². The van der Waals surface area contributed by atoms with Crippen LogP contribution in [0.3, 0.4) is 0 Å². The van der Waals surface area contributed by atoms with E-state index in [-0.39, 0.29) is 0 Å². The van der Waals surface area contributed by atoms with E-state index >= 15 is 0 Å². The van der Waals surface area contributed by atoms with Crippen LogP contribution >= 0.6 is 41.2 Å². The summed E-state index contributed by atoms with van der Waals surface area (Å²) < 4.78 is 35.8. The van der Waals surface area contributed by atoms with Crippen LogP contribution in [0.25, 0.3) is 0 Å². The Labute approximate surface area is 291 Å². The quantitative estimate of drug-likeness (QED) is 0.0350.